The monoisotopic (exact) mass is 102 g/mol. The number of epoxide rings is 1. The molecule has 1 saturated heterocycles. The van der Waals surface area contributed by atoms with Gasteiger partial charge in [0.15, 0.2) is 6.23 Å². The predicted octanol–water partition coefficient (Wildman–Crippen LogP) is -0.989. The molecule has 0 aromatic carbocycles. The molecule has 0 aromatic heterocycles. The van der Waals surface area contributed by atoms with Gasteiger partial charge in [0.25, 0.3) is 0 Å². The molecule has 0 aromatic rings. The van der Waals surface area contributed by atoms with Gasteiger partial charge in [-0.05, 0) is 0 Å². The first-order chi connectivity index (χ1) is 3.29. The van der Waals surface area contributed by atoms with Crippen molar-refractivity contribution in [1.29, 1.82) is 0 Å². The Morgan fingerprint density at radius 1 is 2.00 bits per heavy atom. The van der Waals surface area contributed by atoms with Crippen molar-refractivity contribution in [2.75, 3.05) is 6.61 Å². The number of urea groups is 1. The summed E-state index contributed by atoms with van der Waals surface area (Å²) in [4.78, 5) is 9.88. The number of carbonyl (C=O) groups is 1. The average molecular weight is 102 g/mol. The lowest BCUT2D eigenvalue weighted by atomic mass is 10.7. The van der Waals surface area contributed by atoms with Crippen molar-refractivity contribution in [2.24, 2.45) is 5.73 Å². The molecule has 7 heavy (non-hydrogen) atoms. The fourth-order valence-corrected chi connectivity index (χ4v) is 0.290. The van der Waals surface area contributed by atoms with Crippen LogP contribution < -0.4 is 11.1 Å². The topological polar surface area (TPSA) is 67.7 Å². The number of amides is 2. The van der Waals surface area contributed by atoms with Crippen molar-refractivity contribution < 1.29 is 9.53 Å². The third-order valence-corrected chi connectivity index (χ3v) is 0.637. The summed E-state index contributed by atoms with van der Waals surface area (Å²) in [5.41, 5.74) is 4.70. The number of carbonyl (C=O) groups excluding carboxylic acids is 1. The minimum Gasteiger partial charge on any atom is -0.352 e. The van der Waals surface area contributed by atoms with E-state index < -0.39 is 6.03 Å². The van der Waals surface area contributed by atoms with Gasteiger partial charge in [-0.15, -0.1) is 0 Å². The van der Waals surface area contributed by atoms with E-state index in [1.807, 2.05) is 0 Å². The van der Waals surface area contributed by atoms with E-state index in [0.717, 1.165) is 0 Å². The highest BCUT2D eigenvalue weighted by Crippen LogP contribution is 2.01. The van der Waals surface area contributed by atoms with Crippen LogP contribution >= 0.6 is 0 Å². The van der Waals surface area contributed by atoms with E-state index in [9.17, 15) is 4.79 Å². The van der Waals surface area contributed by atoms with Crippen molar-refractivity contribution in [2.45, 2.75) is 6.23 Å². The number of rotatable bonds is 1. The second-order valence-corrected chi connectivity index (χ2v) is 1.33. The van der Waals surface area contributed by atoms with Crippen LogP contribution in [-0.4, -0.2) is 18.9 Å². The van der Waals surface area contributed by atoms with E-state index in [1.54, 1.807) is 0 Å². The molecule has 1 fully saturated rings. The molecule has 4 nitrogen and oxygen atoms in total. The summed E-state index contributed by atoms with van der Waals surface area (Å²) in [6, 6.07) is -0.525. The van der Waals surface area contributed by atoms with Crippen LogP contribution in [0.15, 0.2) is 0 Å². The fourth-order valence-electron chi connectivity index (χ4n) is 0.290. The predicted molar refractivity (Wildman–Crippen MR) is 22.5 cm³/mol. The van der Waals surface area contributed by atoms with Crippen molar-refractivity contribution in [3.63, 3.8) is 0 Å². The van der Waals surface area contributed by atoms with E-state index in [0.29, 0.717) is 6.61 Å². The summed E-state index contributed by atoms with van der Waals surface area (Å²) in [5, 5.41) is 2.33. The first-order valence-corrected chi connectivity index (χ1v) is 1.96. The lowest BCUT2D eigenvalue weighted by molar-refractivity contribution is 0.243. The lowest BCUT2D eigenvalue weighted by Crippen LogP contribution is -2.31. The van der Waals surface area contributed by atoms with Gasteiger partial charge < -0.3 is 15.8 Å². The van der Waals surface area contributed by atoms with Crippen molar-refractivity contribution >= 4 is 6.03 Å². The number of hydrogen-bond donors (Lipinski definition) is 2. The summed E-state index contributed by atoms with van der Waals surface area (Å²) in [5.74, 6) is 0. The molecule has 1 aliphatic heterocycles. The van der Waals surface area contributed by atoms with Gasteiger partial charge in [-0.1, -0.05) is 0 Å². The Morgan fingerprint density at radius 2 is 2.57 bits per heavy atom. The fraction of sp³-hybridized carbons (Fsp3) is 0.667. The van der Waals surface area contributed by atoms with Crippen LogP contribution in [0.3, 0.4) is 0 Å². The molecule has 1 unspecified atom stereocenters. The molecule has 0 saturated carbocycles. The number of primary amides is 1. The largest absolute Gasteiger partial charge is 0.352 e. The van der Waals surface area contributed by atoms with Gasteiger partial charge in [0.05, 0.1) is 6.61 Å². The van der Waals surface area contributed by atoms with E-state index in [-0.39, 0.29) is 6.23 Å². The number of hydrogen-bond acceptors (Lipinski definition) is 2. The maximum Gasteiger partial charge on any atom is 0.314 e. The van der Waals surface area contributed by atoms with Gasteiger partial charge in [-0.2, -0.15) is 0 Å². The van der Waals surface area contributed by atoms with Crippen LogP contribution in [0.5, 0.6) is 0 Å². The molecule has 1 atom stereocenters. The van der Waals surface area contributed by atoms with E-state index in [1.165, 1.54) is 0 Å². The second kappa shape index (κ2) is 1.38. The molecule has 2 amide bonds. The van der Waals surface area contributed by atoms with Gasteiger partial charge in [0, 0.05) is 0 Å². The Hall–Kier alpha value is -0.770. The standard InChI is InChI=1S/C3H6N2O2/c4-3(6)5-2-1-7-2/h2H,1H2,(H3,4,5,6). The van der Waals surface area contributed by atoms with Crippen LogP contribution in [0.4, 0.5) is 4.79 Å². The average Bonchev–Trinajstić information content (AvgIpc) is 2.17. The van der Waals surface area contributed by atoms with E-state index >= 15 is 0 Å². The van der Waals surface area contributed by atoms with Crippen LogP contribution in [-0.2, 0) is 4.74 Å². The van der Waals surface area contributed by atoms with Gasteiger partial charge in [-0.25, -0.2) is 4.79 Å². The van der Waals surface area contributed by atoms with Crippen LogP contribution in [0.2, 0.25) is 0 Å². The SMILES string of the molecule is NC(=O)NC1CO1. The Labute approximate surface area is 40.6 Å². The third kappa shape index (κ3) is 1.41. The summed E-state index contributed by atoms with van der Waals surface area (Å²) >= 11 is 0. The Morgan fingerprint density at radius 3 is 2.71 bits per heavy atom. The minimum atomic E-state index is -0.525. The molecule has 0 radical (unpaired) electrons. The Kier molecular flexibility index (Phi) is 0.867. The molecular weight excluding hydrogens is 96.0 g/mol. The Balaban J connectivity index is 2.08. The third-order valence-electron chi connectivity index (χ3n) is 0.637. The van der Waals surface area contributed by atoms with E-state index in [2.05, 4.69) is 10.1 Å². The molecule has 1 heterocycles. The summed E-state index contributed by atoms with van der Waals surface area (Å²) in [6.45, 7) is 0.600. The first kappa shape index (κ1) is 4.39. The first-order valence-electron chi connectivity index (χ1n) is 1.96. The number of ether oxygens (including phenoxy) is 1. The smallest absolute Gasteiger partial charge is 0.314 e. The van der Waals surface area contributed by atoms with Gasteiger partial charge >= 0.3 is 6.03 Å². The van der Waals surface area contributed by atoms with Crippen molar-refractivity contribution in [3.05, 3.63) is 0 Å². The maximum absolute atomic E-state index is 9.88. The lowest BCUT2D eigenvalue weighted by Gasteiger charge is -1.88. The highest BCUT2D eigenvalue weighted by molar-refractivity contribution is 5.71. The summed E-state index contributed by atoms with van der Waals surface area (Å²) < 4.78 is 4.61. The quantitative estimate of drug-likeness (QED) is 0.417. The zero-order chi connectivity index (χ0) is 5.28. The molecule has 4 heteroatoms. The molecule has 1 aliphatic rings. The zero-order valence-electron chi connectivity index (χ0n) is 3.68. The molecule has 0 spiro atoms. The van der Waals surface area contributed by atoms with Crippen LogP contribution in [0.25, 0.3) is 0 Å². The normalized spacial score (nSPS) is 26.6. The summed E-state index contributed by atoms with van der Waals surface area (Å²) in [6.07, 6.45) is -0.0995. The molecule has 0 bridgehead atoms. The van der Waals surface area contributed by atoms with E-state index in [4.69, 9.17) is 5.73 Å². The second-order valence-electron chi connectivity index (χ2n) is 1.33. The van der Waals surface area contributed by atoms with Gasteiger partial charge in [-0.3, -0.25) is 0 Å². The van der Waals surface area contributed by atoms with Crippen molar-refractivity contribution in [3.8, 4) is 0 Å². The van der Waals surface area contributed by atoms with Gasteiger partial charge in [0.2, 0.25) is 0 Å². The molecule has 0 aliphatic carbocycles. The number of nitrogens with two attached hydrogens (primary N) is 1. The van der Waals surface area contributed by atoms with Crippen molar-refractivity contribution in [1.82, 2.24) is 5.32 Å². The maximum atomic E-state index is 9.88. The molecule has 40 valence electrons. The van der Waals surface area contributed by atoms with Gasteiger partial charge in [0.1, 0.15) is 0 Å². The number of nitrogens with one attached hydrogen (secondary N) is 1. The van der Waals surface area contributed by atoms with Crippen LogP contribution in [0.1, 0.15) is 0 Å². The highest BCUT2D eigenvalue weighted by Gasteiger charge is 2.22. The molecule has 3 N–H and O–H groups in total. The Bertz CT molecular complexity index is 88.9. The zero-order valence-corrected chi connectivity index (χ0v) is 3.68. The molecule has 1 rings (SSSR count). The molecular formula is C3H6N2O2. The summed E-state index contributed by atoms with van der Waals surface area (Å²) in [7, 11) is 0. The highest BCUT2D eigenvalue weighted by atomic mass is 16.6. The minimum absolute atomic E-state index is 0.0995. The van der Waals surface area contributed by atoms with Crippen LogP contribution in [0, 0.1) is 0 Å².